The summed E-state index contributed by atoms with van der Waals surface area (Å²) in [5.41, 5.74) is 2.49. The number of hydrogen-bond donors (Lipinski definition) is 2. The Morgan fingerprint density at radius 3 is 3.08 bits per heavy atom. The van der Waals surface area contributed by atoms with Crippen LogP contribution in [0.4, 0.5) is 0 Å². The first kappa shape index (κ1) is 8.78. The molecule has 2 aromatic rings. The number of H-pyrrole nitrogens is 1. The minimum Gasteiger partial charge on any atom is -0.361 e. The number of benzene rings is 1. The molecule has 1 heterocycles. The maximum Gasteiger partial charge on any atom is 0.0458 e. The number of halogens is 1. The summed E-state index contributed by atoms with van der Waals surface area (Å²) in [5.74, 6) is 0. The molecule has 0 radical (unpaired) electrons. The Bertz CT molecular complexity index is 420. The fourth-order valence-corrected chi connectivity index (χ4v) is 1.85. The summed E-state index contributed by atoms with van der Waals surface area (Å²) in [4.78, 5) is 3.24. The van der Waals surface area contributed by atoms with Gasteiger partial charge in [-0.25, -0.2) is 0 Å². The van der Waals surface area contributed by atoms with Crippen molar-refractivity contribution in [2.45, 2.75) is 6.54 Å². The van der Waals surface area contributed by atoms with Gasteiger partial charge in [0.15, 0.2) is 0 Å². The molecule has 1 aromatic heterocycles. The highest BCUT2D eigenvalue weighted by Gasteiger charge is 2.02. The van der Waals surface area contributed by atoms with Gasteiger partial charge in [0.25, 0.3) is 0 Å². The lowest BCUT2D eigenvalue weighted by Crippen LogP contribution is -2.03. The molecule has 0 saturated carbocycles. The summed E-state index contributed by atoms with van der Waals surface area (Å²) in [6.45, 7) is 0.899. The molecule has 2 nitrogen and oxygen atoms in total. The number of hydrogen-bond acceptors (Lipinski definition) is 1. The minimum absolute atomic E-state index is 0.899. The fraction of sp³-hybridized carbons (Fsp3) is 0.200. The predicted molar refractivity (Wildman–Crippen MR) is 58.8 cm³/mol. The first-order valence-electron chi connectivity index (χ1n) is 4.21. The Balaban J connectivity index is 2.58. The van der Waals surface area contributed by atoms with Crippen LogP contribution in [0.15, 0.2) is 28.9 Å². The second kappa shape index (κ2) is 3.52. The van der Waals surface area contributed by atoms with Gasteiger partial charge in [0.05, 0.1) is 0 Å². The van der Waals surface area contributed by atoms with Gasteiger partial charge in [-0.15, -0.1) is 0 Å². The molecule has 0 unspecified atom stereocenters. The van der Waals surface area contributed by atoms with Gasteiger partial charge in [0.1, 0.15) is 0 Å². The van der Waals surface area contributed by atoms with Crippen molar-refractivity contribution in [3.63, 3.8) is 0 Å². The van der Waals surface area contributed by atoms with Crippen molar-refractivity contribution in [3.05, 3.63) is 34.4 Å². The third-order valence-electron chi connectivity index (χ3n) is 2.10. The van der Waals surface area contributed by atoms with Crippen molar-refractivity contribution in [2.24, 2.45) is 0 Å². The molecule has 3 heteroatoms. The fourth-order valence-electron chi connectivity index (χ4n) is 1.49. The Kier molecular flexibility index (Phi) is 2.38. The van der Waals surface area contributed by atoms with Crippen molar-refractivity contribution >= 4 is 26.8 Å². The third kappa shape index (κ3) is 1.62. The summed E-state index contributed by atoms with van der Waals surface area (Å²) < 4.78 is 1.12. The Hall–Kier alpha value is -0.800. The molecule has 0 bridgehead atoms. The van der Waals surface area contributed by atoms with E-state index in [1.54, 1.807) is 0 Å². The van der Waals surface area contributed by atoms with Crippen LogP contribution in [0.3, 0.4) is 0 Å². The second-order valence-corrected chi connectivity index (χ2v) is 3.95. The maximum atomic E-state index is 3.47. The van der Waals surface area contributed by atoms with Crippen LogP contribution in [0.5, 0.6) is 0 Å². The van der Waals surface area contributed by atoms with Crippen LogP contribution in [0, 0.1) is 0 Å². The van der Waals surface area contributed by atoms with Gasteiger partial charge in [0, 0.05) is 28.1 Å². The van der Waals surface area contributed by atoms with Crippen LogP contribution in [0.25, 0.3) is 10.9 Å². The lowest BCUT2D eigenvalue weighted by Gasteiger charge is -1.97. The van der Waals surface area contributed by atoms with E-state index in [1.165, 1.54) is 16.5 Å². The topological polar surface area (TPSA) is 27.8 Å². The van der Waals surface area contributed by atoms with Crippen molar-refractivity contribution in [1.29, 1.82) is 0 Å². The summed E-state index contributed by atoms with van der Waals surface area (Å²) in [7, 11) is 1.96. The van der Waals surface area contributed by atoms with Gasteiger partial charge in [-0.3, -0.25) is 0 Å². The summed E-state index contributed by atoms with van der Waals surface area (Å²) in [6, 6.07) is 6.26. The summed E-state index contributed by atoms with van der Waals surface area (Å²) in [5, 5.41) is 4.43. The zero-order valence-electron chi connectivity index (χ0n) is 7.39. The summed E-state index contributed by atoms with van der Waals surface area (Å²) >= 11 is 3.47. The van der Waals surface area contributed by atoms with E-state index in [1.807, 2.05) is 19.3 Å². The molecule has 0 spiro atoms. The summed E-state index contributed by atoms with van der Waals surface area (Å²) in [6.07, 6.45) is 2.05. The molecule has 0 amide bonds. The van der Waals surface area contributed by atoms with Gasteiger partial charge in [-0.05, 0) is 30.8 Å². The maximum absolute atomic E-state index is 3.47. The third-order valence-corrected chi connectivity index (χ3v) is 2.59. The average Bonchev–Trinajstić information content (AvgIpc) is 2.49. The van der Waals surface area contributed by atoms with Gasteiger partial charge < -0.3 is 10.3 Å². The van der Waals surface area contributed by atoms with E-state index in [0.29, 0.717) is 0 Å². The van der Waals surface area contributed by atoms with Crippen molar-refractivity contribution < 1.29 is 0 Å². The standard InChI is InChI=1S/C10H11BrN2/c1-12-5-7-6-13-10-3-2-8(11)4-9(7)10/h2-4,6,12-13H,5H2,1H3. The van der Waals surface area contributed by atoms with E-state index in [2.05, 4.69) is 38.4 Å². The van der Waals surface area contributed by atoms with Gasteiger partial charge >= 0.3 is 0 Å². The Morgan fingerprint density at radius 2 is 2.31 bits per heavy atom. The molecule has 0 aliphatic heterocycles. The predicted octanol–water partition coefficient (Wildman–Crippen LogP) is 2.65. The molecule has 0 atom stereocenters. The molecular weight excluding hydrogens is 228 g/mol. The zero-order chi connectivity index (χ0) is 9.26. The molecular formula is C10H11BrN2. The zero-order valence-corrected chi connectivity index (χ0v) is 8.98. The lowest BCUT2D eigenvalue weighted by atomic mass is 10.2. The van der Waals surface area contributed by atoms with Crippen molar-refractivity contribution in [3.8, 4) is 0 Å². The lowest BCUT2D eigenvalue weighted by molar-refractivity contribution is 0.823. The first-order chi connectivity index (χ1) is 6.31. The van der Waals surface area contributed by atoms with E-state index in [-0.39, 0.29) is 0 Å². The molecule has 1 aromatic carbocycles. The largest absolute Gasteiger partial charge is 0.361 e. The van der Waals surface area contributed by atoms with Crippen LogP contribution in [0.1, 0.15) is 5.56 Å². The number of rotatable bonds is 2. The van der Waals surface area contributed by atoms with Gasteiger partial charge in [0.2, 0.25) is 0 Å². The quantitative estimate of drug-likeness (QED) is 0.828. The Morgan fingerprint density at radius 1 is 1.46 bits per heavy atom. The smallest absolute Gasteiger partial charge is 0.0458 e. The highest BCUT2D eigenvalue weighted by Crippen LogP contribution is 2.22. The first-order valence-corrected chi connectivity index (χ1v) is 5.00. The van der Waals surface area contributed by atoms with Gasteiger partial charge in [-0.2, -0.15) is 0 Å². The molecule has 0 aliphatic rings. The van der Waals surface area contributed by atoms with E-state index in [0.717, 1.165) is 11.0 Å². The van der Waals surface area contributed by atoms with Crippen LogP contribution < -0.4 is 5.32 Å². The minimum atomic E-state index is 0.899. The number of aromatic amines is 1. The van der Waals surface area contributed by atoms with Crippen LogP contribution in [-0.2, 0) is 6.54 Å². The molecule has 13 heavy (non-hydrogen) atoms. The van der Waals surface area contributed by atoms with Crippen LogP contribution in [-0.4, -0.2) is 12.0 Å². The molecule has 68 valence electrons. The van der Waals surface area contributed by atoms with E-state index in [4.69, 9.17) is 0 Å². The second-order valence-electron chi connectivity index (χ2n) is 3.03. The monoisotopic (exact) mass is 238 g/mol. The van der Waals surface area contributed by atoms with Crippen LogP contribution in [0.2, 0.25) is 0 Å². The van der Waals surface area contributed by atoms with Crippen molar-refractivity contribution in [2.75, 3.05) is 7.05 Å². The molecule has 0 fully saturated rings. The SMILES string of the molecule is CNCc1c[nH]c2ccc(Br)cc12. The number of fused-ring (bicyclic) bond motifs is 1. The molecule has 0 saturated heterocycles. The molecule has 2 rings (SSSR count). The molecule has 0 aliphatic carbocycles. The number of aromatic nitrogens is 1. The average molecular weight is 239 g/mol. The Labute approximate surface area is 85.5 Å². The number of nitrogens with one attached hydrogen (secondary N) is 2. The highest BCUT2D eigenvalue weighted by atomic mass is 79.9. The molecule has 2 N–H and O–H groups in total. The normalized spacial score (nSPS) is 10.9. The highest BCUT2D eigenvalue weighted by molar-refractivity contribution is 9.10. The van der Waals surface area contributed by atoms with E-state index >= 15 is 0 Å². The van der Waals surface area contributed by atoms with E-state index in [9.17, 15) is 0 Å². The van der Waals surface area contributed by atoms with Crippen LogP contribution >= 0.6 is 15.9 Å². The van der Waals surface area contributed by atoms with Crippen molar-refractivity contribution in [1.82, 2.24) is 10.3 Å². The van der Waals surface area contributed by atoms with Gasteiger partial charge in [-0.1, -0.05) is 15.9 Å². The van der Waals surface area contributed by atoms with E-state index < -0.39 is 0 Å².